The van der Waals surface area contributed by atoms with Crippen LogP contribution in [0.25, 0.3) is 0 Å². The van der Waals surface area contributed by atoms with E-state index in [0.717, 1.165) is 22.5 Å². The number of likely N-dealkylation sites (N-methyl/N-ethyl adjacent to an activating group) is 1. The maximum Gasteiger partial charge on any atom is 0.0449 e. The third-order valence-corrected chi connectivity index (χ3v) is 4.23. The summed E-state index contributed by atoms with van der Waals surface area (Å²) in [7, 11) is 0. The van der Waals surface area contributed by atoms with Crippen LogP contribution in [0.2, 0.25) is 5.02 Å². The van der Waals surface area contributed by atoms with Crippen LogP contribution in [-0.4, -0.2) is 12.6 Å². The molecule has 1 rings (SSSR count). The van der Waals surface area contributed by atoms with E-state index in [2.05, 4.69) is 47.2 Å². The molecule has 1 atom stereocenters. The first-order valence-electron chi connectivity index (χ1n) is 7.34. The molecule has 1 nitrogen and oxygen atoms in total. The maximum absolute atomic E-state index is 6.30. The number of unbranched alkanes of at least 4 members (excludes halogenated alkanes) is 3. The maximum atomic E-state index is 6.30. The summed E-state index contributed by atoms with van der Waals surface area (Å²) in [6.07, 6.45) is 7.54. The van der Waals surface area contributed by atoms with Gasteiger partial charge in [-0.15, -0.1) is 0 Å². The van der Waals surface area contributed by atoms with Crippen molar-refractivity contribution in [1.82, 2.24) is 5.32 Å². The molecule has 0 aliphatic rings. The minimum atomic E-state index is 0.542. The lowest BCUT2D eigenvalue weighted by molar-refractivity contribution is 0.463. The normalized spacial score (nSPS) is 12.6. The van der Waals surface area contributed by atoms with Crippen molar-refractivity contribution in [2.24, 2.45) is 0 Å². The fraction of sp³-hybridized carbons (Fsp3) is 0.625. The van der Waals surface area contributed by atoms with Gasteiger partial charge in [0.1, 0.15) is 0 Å². The first kappa shape index (κ1) is 17.0. The Morgan fingerprint density at radius 1 is 1.21 bits per heavy atom. The molecule has 3 heteroatoms. The standard InChI is InChI=1S/C16H25BrClN/c1-3-5-6-7-8-15(19-4-2)11-13-9-10-14(17)12-16(13)18/h9-10,12,15,19H,3-8,11H2,1-2H3. The van der Waals surface area contributed by atoms with Gasteiger partial charge in [0.05, 0.1) is 0 Å². The highest BCUT2D eigenvalue weighted by atomic mass is 79.9. The van der Waals surface area contributed by atoms with Gasteiger partial charge in [-0.3, -0.25) is 0 Å². The summed E-state index contributed by atoms with van der Waals surface area (Å²) in [6, 6.07) is 6.72. The minimum absolute atomic E-state index is 0.542. The largest absolute Gasteiger partial charge is 0.314 e. The van der Waals surface area contributed by atoms with E-state index < -0.39 is 0 Å². The topological polar surface area (TPSA) is 12.0 Å². The molecule has 1 N–H and O–H groups in total. The van der Waals surface area contributed by atoms with Crippen LogP contribution in [0, 0.1) is 0 Å². The first-order chi connectivity index (χ1) is 9.17. The molecule has 0 bridgehead atoms. The van der Waals surface area contributed by atoms with Crippen molar-refractivity contribution in [3.05, 3.63) is 33.3 Å². The molecule has 0 aromatic heterocycles. The molecule has 1 aromatic rings. The van der Waals surface area contributed by atoms with Crippen molar-refractivity contribution in [2.75, 3.05) is 6.54 Å². The third-order valence-electron chi connectivity index (χ3n) is 3.38. The van der Waals surface area contributed by atoms with Crippen LogP contribution in [0.15, 0.2) is 22.7 Å². The monoisotopic (exact) mass is 345 g/mol. The van der Waals surface area contributed by atoms with E-state index in [4.69, 9.17) is 11.6 Å². The highest BCUT2D eigenvalue weighted by Gasteiger charge is 2.10. The summed E-state index contributed by atoms with van der Waals surface area (Å²) in [6.45, 7) is 5.44. The van der Waals surface area contributed by atoms with Gasteiger partial charge >= 0.3 is 0 Å². The Morgan fingerprint density at radius 3 is 2.63 bits per heavy atom. The summed E-state index contributed by atoms with van der Waals surface area (Å²) < 4.78 is 1.05. The molecule has 0 amide bonds. The first-order valence-corrected chi connectivity index (χ1v) is 8.51. The molecule has 0 radical (unpaired) electrons. The lowest BCUT2D eigenvalue weighted by Gasteiger charge is -2.18. The van der Waals surface area contributed by atoms with Crippen LogP contribution in [0.4, 0.5) is 0 Å². The van der Waals surface area contributed by atoms with Gasteiger partial charge in [0.2, 0.25) is 0 Å². The zero-order valence-corrected chi connectivity index (χ0v) is 14.4. The predicted octanol–water partition coefficient (Wildman–Crippen LogP) is 5.59. The SMILES string of the molecule is CCCCCCC(Cc1ccc(Br)cc1Cl)NCC. The van der Waals surface area contributed by atoms with Crippen LogP contribution < -0.4 is 5.32 Å². The van der Waals surface area contributed by atoms with E-state index in [-0.39, 0.29) is 0 Å². The Kier molecular flexibility index (Phi) is 8.76. The molecule has 0 aliphatic carbocycles. The van der Waals surface area contributed by atoms with Gasteiger partial charge in [-0.25, -0.2) is 0 Å². The summed E-state index contributed by atoms with van der Waals surface area (Å²) in [5.74, 6) is 0. The minimum Gasteiger partial charge on any atom is -0.314 e. The summed E-state index contributed by atoms with van der Waals surface area (Å²) in [4.78, 5) is 0. The molecule has 0 spiro atoms. The number of halogens is 2. The zero-order chi connectivity index (χ0) is 14.1. The Hall–Kier alpha value is -0.0500. The van der Waals surface area contributed by atoms with E-state index in [1.54, 1.807) is 0 Å². The number of nitrogens with one attached hydrogen (secondary N) is 1. The molecule has 108 valence electrons. The van der Waals surface area contributed by atoms with Crippen LogP contribution in [0.5, 0.6) is 0 Å². The lowest BCUT2D eigenvalue weighted by Crippen LogP contribution is -2.31. The molecule has 1 aromatic carbocycles. The Morgan fingerprint density at radius 2 is 2.00 bits per heavy atom. The highest BCUT2D eigenvalue weighted by molar-refractivity contribution is 9.10. The lowest BCUT2D eigenvalue weighted by atomic mass is 10.00. The van der Waals surface area contributed by atoms with Gasteiger partial charge in [-0.1, -0.05) is 73.1 Å². The van der Waals surface area contributed by atoms with E-state index in [9.17, 15) is 0 Å². The second-order valence-electron chi connectivity index (χ2n) is 5.04. The van der Waals surface area contributed by atoms with Crippen LogP contribution in [0.1, 0.15) is 51.5 Å². The van der Waals surface area contributed by atoms with E-state index in [0.29, 0.717) is 6.04 Å². The molecule has 0 aliphatic heterocycles. The van der Waals surface area contributed by atoms with Crippen LogP contribution in [-0.2, 0) is 6.42 Å². The fourth-order valence-corrected chi connectivity index (χ4v) is 3.09. The smallest absolute Gasteiger partial charge is 0.0449 e. The summed E-state index contributed by atoms with van der Waals surface area (Å²) in [5, 5.41) is 4.45. The Bertz CT molecular complexity index is 368. The number of rotatable bonds is 9. The van der Waals surface area contributed by atoms with Gasteiger partial charge in [0.25, 0.3) is 0 Å². The van der Waals surface area contributed by atoms with E-state index >= 15 is 0 Å². The van der Waals surface area contributed by atoms with Crippen molar-refractivity contribution < 1.29 is 0 Å². The summed E-state index contributed by atoms with van der Waals surface area (Å²) in [5.41, 5.74) is 1.24. The van der Waals surface area contributed by atoms with Gasteiger partial charge in [0.15, 0.2) is 0 Å². The van der Waals surface area contributed by atoms with Crippen molar-refractivity contribution in [2.45, 2.75) is 58.4 Å². The van der Waals surface area contributed by atoms with Crippen molar-refractivity contribution >= 4 is 27.5 Å². The molecule has 0 fully saturated rings. The van der Waals surface area contributed by atoms with E-state index in [1.165, 1.54) is 37.7 Å². The van der Waals surface area contributed by atoms with Crippen molar-refractivity contribution in [1.29, 1.82) is 0 Å². The van der Waals surface area contributed by atoms with Gasteiger partial charge < -0.3 is 5.32 Å². The van der Waals surface area contributed by atoms with E-state index in [1.807, 2.05) is 6.07 Å². The molecule has 0 saturated heterocycles. The van der Waals surface area contributed by atoms with Crippen molar-refractivity contribution in [3.63, 3.8) is 0 Å². The van der Waals surface area contributed by atoms with Gasteiger partial charge in [-0.2, -0.15) is 0 Å². The molecule has 0 heterocycles. The highest BCUT2D eigenvalue weighted by Crippen LogP contribution is 2.23. The second kappa shape index (κ2) is 9.79. The quantitative estimate of drug-likeness (QED) is 0.574. The molecule has 0 saturated carbocycles. The average molecular weight is 347 g/mol. The van der Waals surface area contributed by atoms with Crippen LogP contribution >= 0.6 is 27.5 Å². The summed E-state index contributed by atoms with van der Waals surface area (Å²) >= 11 is 9.75. The number of benzene rings is 1. The number of hydrogen-bond donors (Lipinski definition) is 1. The second-order valence-corrected chi connectivity index (χ2v) is 6.37. The van der Waals surface area contributed by atoms with Gasteiger partial charge in [0, 0.05) is 15.5 Å². The number of hydrogen-bond acceptors (Lipinski definition) is 1. The average Bonchev–Trinajstić information content (AvgIpc) is 2.38. The van der Waals surface area contributed by atoms with Gasteiger partial charge in [-0.05, 0) is 37.1 Å². The molecule has 19 heavy (non-hydrogen) atoms. The Balaban J connectivity index is 2.51. The molecular weight excluding hydrogens is 322 g/mol. The van der Waals surface area contributed by atoms with Crippen molar-refractivity contribution in [3.8, 4) is 0 Å². The molecule has 1 unspecified atom stereocenters. The fourth-order valence-electron chi connectivity index (χ4n) is 2.34. The molecular formula is C16H25BrClN. The third kappa shape index (κ3) is 6.78. The van der Waals surface area contributed by atoms with Crippen LogP contribution in [0.3, 0.4) is 0 Å². The predicted molar refractivity (Wildman–Crippen MR) is 89.1 cm³/mol. The Labute approximate surface area is 131 Å². The zero-order valence-electron chi connectivity index (χ0n) is 12.0.